The van der Waals surface area contributed by atoms with Crippen molar-refractivity contribution in [2.45, 2.75) is 39.2 Å². The van der Waals surface area contributed by atoms with E-state index in [9.17, 15) is 4.79 Å². The highest BCUT2D eigenvalue weighted by Crippen LogP contribution is 2.36. The number of benzene rings is 2. The van der Waals surface area contributed by atoms with Gasteiger partial charge in [0.05, 0.1) is 18.3 Å². The molecule has 1 fully saturated rings. The minimum atomic E-state index is -0.156. The molecule has 0 aliphatic carbocycles. The van der Waals surface area contributed by atoms with Crippen molar-refractivity contribution in [3.05, 3.63) is 70.2 Å². The van der Waals surface area contributed by atoms with Crippen molar-refractivity contribution in [1.29, 1.82) is 0 Å². The third-order valence-corrected chi connectivity index (χ3v) is 6.39. The summed E-state index contributed by atoms with van der Waals surface area (Å²) in [6.07, 6.45) is 2.98. The molecule has 2 aromatic carbocycles. The number of amides is 1. The highest BCUT2D eigenvalue weighted by molar-refractivity contribution is 6.31. The Morgan fingerprint density at radius 3 is 2.48 bits per heavy atom. The van der Waals surface area contributed by atoms with Gasteiger partial charge in [-0.25, -0.2) is 5.01 Å². The van der Waals surface area contributed by atoms with E-state index in [0.717, 1.165) is 48.7 Å². The van der Waals surface area contributed by atoms with Crippen LogP contribution in [0, 0.1) is 12.8 Å². The standard InChI is InChI=1S/C24H28ClN3O/c1-17-7-9-19(10-8-17)22-15-23(20-5-3-4-6-21(20)25)28(26-22)24(29)16-27-13-11-18(2)12-14-27/h3-10,18,23H,11-16H2,1-2H3. The van der Waals surface area contributed by atoms with Gasteiger partial charge >= 0.3 is 0 Å². The SMILES string of the molecule is Cc1ccc(C2=NN(C(=O)CN3CCC(C)CC3)C(c3ccccc3Cl)C2)cc1. The third kappa shape index (κ3) is 4.54. The molecule has 4 rings (SSSR count). The topological polar surface area (TPSA) is 35.9 Å². The first-order chi connectivity index (χ1) is 14.0. The van der Waals surface area contributed by atoms with Crippen LogP contribution in [0.1, 0.15) is 48.9 Å². The van der Waals surface area contributed by atoms with Crippen molar-refractivity contribution in [2.24, 2.45) is 11.0 Å². The second-order valence-electron chi connectivity index (χ2n) is 8.35. The van der Waals surface area contributed by atoms with Crippen LogP contribution in [0.4, 0.5) is 0 Å². The molecule has 1 unspecified atom stereocenters. The molecule has 4 nitrogen and oxygen atoms in total. The van der Waals surface area contributed by atoms with E-state index in [1.807, 2.05) is 24.3 Å². The van der Waals surface area contributed by atoms with Crippen LogP contribution in [-0.2, 0) is 4.79 Å². The first-order valence-electron chi connectivity index (χ1n) is 10.4. The molecule has 0 saturated carbocycles. The van der Waals surface area contributed by atoms with Crippen molar-refractivity contribution < 1.29 is 4.79 Å². The minimum Gasteiger partial charge on any atom is -0.294 e. The summed E-state index contributed by atoms with van der Waals surface area (Å²) in [6, 6.07) is 16.0. The average molecular weight is 410 g/mol. The van der Waals surface area contributed by atoms with E-state index in [-0.39, 0.29) is 11.9 Å². The maximum atomic E-state index is 13.3. The zero-order valence-electron chi connectivity index (χ0n) is 17.1. The Bertz CT molecular complexity index is 901. The number of hydrogen-bond donors (Lipinski definition) is 0. The van der Waals surface area contributed by atoms with Gasteiger partial charge < -0.3 is 0 Å². The zero-order chi connectivity index (χ0) is 20.4. The van der Waals surface area contributed by atoms with Gasteiger partial charge in [0, 0.05) is 11.4 Å². The molecule has 0 N–H and O–H groups in total. The number of carbonyl (C=O) groups excluding carboxylic acids is 1. The summed E-state index contributed by atoms with van der Waals surface area (Å²) < 4.78 is 0. The fourth-order valence-corrected chi connectivity index (χ4v) is 4.39. The summed E-state index contributed by atoms with van der Waals surface area (Å²) in [7, 11) is 0. The van der Waals surface area contributed by atoms with Gasteiger partial charge in [-0.2, -0.15) is 5.10 Å². The molecule has 2 aromatic rings. The summed E-state index contributed by atoms with van der Waals surface area (Å²) >= 11 is 6.50. The van der Waals surface area contributed by atoms with Gasteiger partial charge in [-0.3, -0.25) is 9.69 Å². The molecular weight excluding hydrogens is 382 g/mol. The van der Waals surface area contributed by atoms with E-state index < -0.39 is 0 Å². The highest BCUT2D eigenvalue weighted by atomic mass is 35.5. The van der Waals surface area contributed by atoms with E-state index in [1.54, 1.807) is 5.01 Å². The Hall–Kier alpha value is -2.17. The molecule has 0 spiro atoms. The normalized spacial score (nSPS) is 20.7. The van der Waals surface area contributed by atoms with Gasteiger partial charge in [0.2, 0.25) is 0 Å². The molecule has 0 radical (unpaired) electrons. The lowest BCUT2D eigenvalue weighted by atomic mass is 9.97. The van der Waals surface area contributed by atoms with E-state index in [4.69, 9.17) is 16.7 Å². The highest BCUT2D eigenvalue weighted by Gasteiger charge is 2.35. The van der Waals surface area contributed by atoms with E-state index >= 15 is 0 Å². The number of hydrogen-bond acceptors (Lipinski definition) is 3. The number of nitrogens with zero attached hydrogens (tertiary/aromatic N) is 3. The Morgan fingerprint density at radius 1 is 1.10 bits per heavy atom. The van der Waals surface area contributed by atoms with Crippen molar-refractivity contribution in [1.82, 2.24) is 9.91 Å². The second kappa shape index (κ2) is 8.68. The van der Waals surface area contributed by atoms with Crippen LogP contribution in [0.25, 0.3) is 0 Å². The molecule has 152 valence electrons. The average Bonchev–Trinajstić information content (AvgIpc) is 3.16. The van der Waals surface area contributed by atoms with Gasteiger partial charge in [-0.1, -0.05) is 66.6 Å². The number of hydrazone groups is 1. The molecule has 2 aliphatic heterocycles. The number of piperidine rings is 1. The smallest absolute Gasteiger partial charge is 0.257 e. The predicted molar refractivity (Wildman–Crippen MR) is 118 cm³/mol. The van der Waals surface area contributed by atoms with Gasteiger partial charge in [-0.15, -0.1) is 0 Å². The molecule has 0 aromatic heterocycles. The van der Waals surface area contributed by atoms with Crippen LogP contribution < -0.4 is 0 Å². The first kappa shape index (κ1) is 20.1. The number of aryl methyl sites for hydroxylation is 1. The molecule has 29 heavy (non-hydrogen) atoms. The lowest BCUT2D eigenvalue weighted by Gasteiger charge is -2.31. The van der Waals surface area contributed by atoms with Crippen LogP contribution in [0.3, 0.4) is 0 Å². The monoisotopic (exact) mass is 409 g/mol. The second-order valence-corrected chi connectivity index (χ2v) is 8.76. The van der Waals surface area contributed by atoms with Crippen molar-refractivity contribution in [3.63, 3.8) is 0 Å². The van der Waals surface area contributed by atoms with Crippen LogP contribution in [0.2, 0.25) is 5.02 Å². The molecule has 5 heteroatoms. The maximum absolute atomic E-state index is 13.3. The van der Waals surface area contributed by atoms with Gasteiger partial charge in [0.25, 0.3) is 5.91 Å². The summed E-state index contributed by atoms with van der Waals surface area (Å²) in [6.45, 7) is 6.73. The molecule has 2 aliphatic rings. The summed E-state index contributed by atoms with van der Waals surface area (Å²) in [5.74, 6) is 0.793. The third-order valence-electron chi connectivity index (χ3n) is 6.05. The lowest BCUT2D eigenvalue weighted by molar-refractivity contribution is -0.134. The number of halogens is 1. The van der Waals surface area contributed by atoms with Crippen LogP contribution in [0.5, 0.6) is 0 Å². The molecule has 2 heterocycles. The van der Waals surface area contributed by atoms with Gasteiger partial charge in [-0.05, 0) is 56.0 Å². The largest absolute Gasteiger partial charge is 0.294 e. The summed E-state index contributed by atoms with van der Waals surface area (Å²) in [5.41, 5.74) is 4.17. The van der Waals surface area contributed by atoms with E-state index in [0.29, 0.717) is 18.0 Å². The quantitative estimate of drug-likeness (QED) is 0.707. The van der Waals surface area contributed by atoms with Crippen LogP contribution in [0.15, 0.2) is 53.6 Å². The zero-order valence-corrected chi connectivity index (χ0v) is 17.9. The lowest BCUT2D eigenvalue weighted by Crippen LogP contribution is -2.41. The Balaban J connectivity index is 1.59. The fraction of sp³-hybridized carbons (Fsp3) is 0.417. The first-order valence-corrected chi connectivity index (χ1v) is 10.8. The summed E-state index contributed by atoms with van der Waals surface area (Å²) in [5, 5.41) is 7.14. The van der Waals surface area contributed by atoms with Gasteiger partial charge in [0.15, 0.2) is 0 Å². The van der Waals surface area contributed by atoms with Crippen molar-refractivity contribution in [2.75, 3.05) is 19.6 Å². The van der Waals surface area contributed by atoms with Crippen LogP contribution >= 0.6 is 11.6 Å². The van der Waals surface area contributed by atoms with E-state index in [1.165, 1.54) is 5.56 Å². The van der Waals surface area contributed by atoms with Crippen molar-refractivity contribution >= 4 is 23.2 Å². The van der Waals surface area contributed by atoms with E-state index in [2.05, 4.69) is 43.0 Å². The predicted octanol–water partition coefficient (Wildman–Crippen LogP) is 5.06. The maximum Gasteiger partial charge on any atom is 0.257 e. The number of carbonyl (C=O) groups is 1. The van der Waals surface area contributed by atoms with Crippen molar-refractivity contribution in [3.8, 4) is 0 Å². The molecule has 1 atom stereocenters. The Morgan fingerprint density at radius 2 is 1.79 bits per heavy atom. The molecule has 1 saturated heterocycles. The Kier molecular flexibility index (Phi) is 6.02. The number of rotatable bonds is 4. The number of likely N-dealkylation sites (tertiary alicyclic amines) is 1. The van der Waals surface area contributed by atoms with Gasteiger partial charge in [0.1, 0.15) is 0 Å². The van der Waals surface area contributed by atoms with Crippen LogP contribution in [-0.4, -0.2) is 41.2 Å². The molecule has 1 amide bonds. The Labute approximate surface area is 178 Å². The molecular formula is C24H28ClN3O. The fourth-order valence-electron chi connectivity index (χ4n) is 4.13. The minimum absolute atomic E-state index is 0.0478. The summed E-state index contributed by atoms with van der Waals surface area (Å²) in [4.78, 5) is 15.5. The molecule has 0 bridgehead atoms.